The highest BCUT2D eigenvalue weighted by atomic mass is 32.1. The van der Waals surface area contributed by atoms with Crippen molar-refractivity contribution in [1.82, 2.24) is 0 Å². The molecule has 0 radical (unpaired) electrons. The molecule has 1 aromatic carbocycles. The third-order valence-corrected chi connectivity index (χ3v) is 3.38. The van der Waals surface area contributed by atoms with Gasteiger partial charge in [-0.3, -0.25) is 0 Å². The van der Waals surface area contributed by atoms with E-state index in [1.165, 1.54) is 29.1 Å². The lowest BCUT2D eigenvalue weighted by molar-refractivity contribution is 0.796. The lowest BCUT2D eigenvalue weighted by atomic mass is 10.1. The normalized spacial score (nSPS) is 10.3. The molecule has 0 aliphatic heterocycles. The van der Waals surface area contributed by atoms with Gasteiger partial charge in [-0.15, -0.1) is 11.3 Å². The molecule has 0 atom stereocenters. The summed E-state index contributed by atoms with van der Waals surface area (Å²) in [5.74, 6) is 0. The van der Waals surface area contributed by atoms with Crippen LogP contribution in [0.3, 0.4) is 0 Å². The van der Waals surface area contributed by atoms with E-state index in [0.29, 0.717) is 0 Å². The van der Waals surface area contributed by atoms with E-state index in [1.54, 1.807) is 11.3 Å². The van der Waals surface area contributed by atoms with Gasteiger partial charge >= 0.3 is 0 Å². The topological polar surface area (TPSA) is 12.0 Å². The second-order valence-electron chi connectivity index (χ2n) is 3.86. The Kier molecular flexibility index (Phi) is 4.00. The van der Waals surface area contributed by atoms with Gasteiger partial charge in [-0.25, -0.2) is 0 Å². The summed E-state index contributed by atoms with van der Waals surface area (Å²) in [6.07, 6.45) is 3.65. The van der Waals surface area contributed by atoms with Gasteiger partial charge in [0, 0.05) is 5.69 Å². The number of anilines is 2. The molecule has 0 saturated heterocycles. The first kappa shape index (κ1) is 11.2. The zero-order chi connectivity index (χ0) is 11.2. The van der Waals surface area contributed by atoms with Crippen molar-refractivity contribution >= 4 is 22.0 Å². The Labute approximate surface area is 101 Å². The van der Waals surface area contributed by atoms with Gasteiger partial charge < -0.3 is 5.32 Å². The molecular formula is C14H17NS. The average molecular weight is 231 g/mol. The summed E-state index contributed by atoms with van der Waals surface area (Å²) in [5, 5.41) is 6.79. The Morgan fingerprint density at radius 2 is 2.00 bits per heavy atom. The minimum absolute atomic E-state index is 1.16. The molecule has 1 aromatic heterocycles. The second kappa shape index (κ2) is 5.71. The third kappa shape index (κ3) is 2.86. The van der Waals surface area contributed by atoms with Crippen LogP contribution < -0.4 is 5.32 Å². The van der Waals surface area contributed by atoms with Crippen LogP contribution in [0.4, 0.5) is 10.7 Å². The van der Waals surface area contributed by atoms with Crippen molar-refractivity contribution in [3.63, 3.8) is 0 Å². The van der Waals surface area contributed by atoms with E-state index in [0.717, 1.165) is 6.42 Å². The van der Waals surface area contributed by atoms with Crippen molar-refractivity contribution in [2.45, 2.75) is 26.2 Å². The van der Waals surface area contributed by atoms with Gasteiger partial charge in [-0.2, -0.15) is 0 Å². The lowest BCUT2D eigenvalue weighted by Crippen LogP contribution is -1.94. The Hall–Kier alpha value is -1.28. The van der Waals surface area contributed by atoms with Crippen molar-refractivity contribution in [3.8, 4) is 0 Å². The largest absolute Gasteiger partial charge is 0.347 e. The standard InChI is InChI=1S/C14H17NS/c1-2-3-7-12-8-4-5-9-13(12)15-14-10-6-11-16-14/h4-6,8-11,15H,2-3,7H2,1H3. The van der Waals surface area contributed by atoms with Crippen molar-refractivity contribution in [1.29, 1.82) is 0 Å². The fourth-order valence-corrected chi connectivity index (χ4v) is 2.34. The molecule has 16 heavy (non-hydrogen) atoms. The van der Waals surface area contributed by atoms with Crippen LogP contribution in [-0.2, 0) is 6.42 Å². The van der Waals surface area contributed by atoms with Crippen molar-refractivity contribution in [2.24, 2.45) is 0 Å². The van der Waals surface area contributed by atoms with Crippen LogP contribution in [-0.4, -0.2) is 0 Å². The molecule has 0 fully saturated rings. The Morgan fingerprint density at radius 3 is 2.75 bits per heavy atom. The fourth-order valence-electron chi connectivity index (χ4n) is 1.71. The summed E-state index contributed by atoms with van der Waals surface area (Å²) in [7, 11) is 0. The summed E-state index contributed by atoms with van der Waals surface area (Å²) < 4.78 is 0. The zero-order valence-electron chi connectivity index (χ0n) is 9.57. The van der Waals surface area contributed by atoms with Crippen LogP contribution in [0.1, 0.15) is 25.3 Å². The number of nitrogens with one attached hydrogen (secondary N) is 1. The van der Waals surface area contributed by atoms with Crippen molar-refractivity contribution in [3.05, 3.63) is 47.3 Å². The highest BCUT2D eigenvalue weighted by molar-refractivity contribution is 7.14. The summed E-state index contributed by atoms with van der Waals surface area (Å²) in [4.78, 5) is 0. The number of thiophene rings is 1. The van der Waals surface area contributed by atoms with E-state index in [4.69, 9.17) is 0 Å². The predicted octanol–water partition coefficient (Wildman–Crippen LogP) is 4.83. The summed E-state index contributed by atoms with van der Waals surface area (Å²) >= 11 is 1.74. The van der Waals surface area contributed by atoms with E-state index >= 15 is 0 Å². The molecule has 2 rings (SSSR count). The van der Waals surface area contributed by atoms with Crippen LogP contribution in [0, 0.1) is 0 Å². The third-order valence-electron chi connectivity index (χ3n) is 2.60. The summed E-state index contributed by atoms with van der Waals surface area (Å²) in [6, 6.07) is 12.8. The Morgan fingerprint density at radius 1 is 1.12 bits per heavy atom. The number of rotatable bonds is 5. The molecule has 0 amide bonds. The molecule has 0 bridgehead atoms. The van der Waals surface area contributed by atoms with E-state index in [9.17, 15) is 0 Å². The molecule has 0 spiro atoms. The number of para-hydroxylation sites is 1. The molecular weight excluding hydrogens is 214 g/mol. The molecule has 1 N–H and O–H groups in total. The van der Waals surface area contributed by atoms with Crippen LogP contribution in [0.15, 0.2) is 41.8 Å². The van der Waals surface area contributed by atoms with Gasteiger partial charge in [-0.1, -0.05) is 31.5 Å². The zero-order valence-corrected chi connectivity index (χ0v) is 10.4. The minimum Gasteiger partial charge on any atom is -0.347 e. The predicted molar refractivity (Wildman–Crippen MR) is 72.7 cm³/mol. The molecule has 2 heteroatoms. The maximum atomic E-state index is 3.48. The van der Waals surface area contributed by atoms with Crippen LogP contribution >= 0.6 is 11.3 Å². The molecule has 0 aliphatic rings. The smallest absolute Gasteiger partial charge is 0.0926 e. The number of benzene rings is 1. The average Bonchev–Trinajstić information content (AvgIpc) is 2.81. The lowest BCUT2D eigenvalue weighted by Gasteiger charge is -2.10. The van der Waals surface area contributed by atoms with Crippen LogP contribution in [0.5, 0.6) is 0 Å². The van der Waals surface area contributed by atoms with Crippen molar-refractivity contribution in [2.75, 3.05) is 5.32 Å². The second-order valence-corrected chi connectivity index (χ2v) is 4.81. The van der Waals surface area contributed by atoms with E-state index in [-0.39, 0.29) is 0 Å². The van der Waals surface area contributed by atoms with Gasteiger partial charge in [0.25, 0.3) is 0 Å². The molecule has 0 saturated carbocycles. The first-order chi connectivity index (χ1) is 7.90. The number of hydrogen-bond donors (Lipinski definition) is 1. The highest BCUT2D eigenvalue weighted by Crippen LogP contribution is 2.25. The first-order valence-electron chi connectivity index (χ1n) is 5.78. The minimum atomic E-state index is 1.16. The van der Waals surface area contributed by atoms with Gasteiger partial charge in [0.2, 0.25) is 0 Å². The van der Waals surface area contributed by atoms with E-state index < -0.39 is 0 Å². The number of unbranched alkanes of at least 4 members (excludes halogenated alkanes) is 1. The van der Waals surface area contributed by atoms with Gasteiger partial charge in [0.15, 0.2) is 0 Å². The van der Waals surface area contributed by atoms with E-state index in [1.807, 2.05) is 0 Å². The number of aryl methyl sites for hydroxylation is 1. The maximum Gasteiger partial charge on any atom is 0.0926 e. The summed E-state index contributed by atoms with van der Waals surface area (Å²) in [5.41, 5.74) is 2.66. The molecule has 0 unspecified atom stereocenters. The van der Waals surface area contributed by atoms with Crippen LogP contribution in [0.25, 0.3) is 0 Å². The molecule has 0 aliphatic carbocycles. The molecule has 2 aromatic rings. The summed E-state index contributed by atoms with van der Waals surface area (Å²) in [6.45, 7) is 2.23. The van der Waals surface area contributed by atoms with E-state index in [2.05, 4.69) is 54.0 Å². The van der Waals surface area contributed by atoms with Crippen LogP contribution in [0.2, 0.25) is 0 Å². The Bertz CT molecular complexity index is 420. The Balaban J connectivity index is 2.13. The van der Waals surface area contributed by atoms with Gasteiger partial charge in [0.05, 0.1) is 5.00 Å². The van der Waals surface area contributed by atoms with Gasteiger partial charge in [0.1, 0.15) is 0 Å². The maximum absolute atomic E-state index is 3.48. The van der Waals surface area contributed by atoms with Crippen molar-refractivity contribution < 1.29 is 0 Å². The fraction of sp³-hybridized carbons (Fsp3) is 0.286. The monoisotopic (exact) mass is 231 g/mol. The molecule has 84 valence electrons. The molecule has 1 heterocycles. The highest BCUT2D eigenvalue weighted by Gasteiger charge is 2.01. The first-order valence-corrected chi connectivity index (χ1v) is 6.66. The quantitative estimate of drug-likeness (QED) is 0.776. The molecule has 1 nitrogen and oxygen atoms in total. The van der Waals surface area contributed by atoms with Gasteiger partial charge in [-0.05, 0) is 42.0 Å². The SMILES string of the molecule is CCCCc1ccccc1Nc1cccs1. The number of hydrogen-bond acceptors (Lipinski definition) is 2.